The Morgan fingerprint density at radius 1 is 1.39 bits per heavy atom. The van der Waals surface area contributed by atoms with Crippen molar-refractivity contribution in [1.29, 1.82) is 0 Å². The fourth-order valence-corrected chi connectivity index (χ4v) is 2.86. The minimum Gasteiger partial charge on any atom is -0.443 e. The summed E-state index contributed by atoms with van der Waals surface area (Å²) in [5.74, 6) is 0. The minimum absolute atomic E-state index is 0.577. The normalized spacial score (nSPS) is 20.5. The third kappa shape index (κ3) is 2.08. The second kappa shape index (κ2) is 4.98. The lowest BCUT2D eigenvalue weighted by molar-refractivity contribution is 0.442. The maximum Gasteiger partial charge on any atom is 0.181 e. The predicted molar refractivity (Wildman–Crippen MR) is 72.7 cm³/mol. The molecule has 0 aliphatic carbocycles. The molecule has 96 valence electrons. The third-order valence-electron chi connectivity index (χ3n) is 3.77. The summed E-state index contributed by atoms with van der Waals surface area (Å²) in [6.07, 6.45) is 6.39. The van der Waals surface area contributed by atoms with Crippen LogP contribution in [0.2, 0.25) is 0 Å². The van der Waals surface area contributed by atoms with Gasteiger partial charge in [-0.25, -0.2) is 4.98 Å². The van der Waals surface area contributed by atoms with Gasteiger partial charge in [-0.15, -0.1) is 0 Å². The zero-order valence-electron chi connectivity index (χ0n) is 10.5. The summed E-state index contributed by atoms with van der Waals surface area (Å²) >= 11 is 0. The molecule has 1 aromatic carbocycles. The molecule has 1 unspecified atom stereocenters. The van der Waals surface area contributed by atoms with Crippen molar-refractivity contribution in [1.82, 2.24) is 4.98 Å². The van der Waals surface area contributed by atoms with Crippen LogP contribution in [0.25, 0.3) is 11.1 Å². The number of benzene rings is 1. The Kier molecular flexibility index (Phi) is 3.19. The largest absolute Gasteiger partial charge is 0.443 e. The van der Waals surface area contributed by atoms with Crippen LogP contribution in [-0.4, -0.2) is 24.1 Å². The van der Waals surface area contributed by atoms with E-state index >= 15 is 0 Å². The molecule has 2 N–H and O–H groups in total. The Hall–Kier alpha value is -1.55. The average molecular weight is 245 g/mol. The Morgan fingerprint density at radius 2 is 2.33 bits per heavy atom. The highest BCUT2D eigenvalue weighted by molar-refractivity contribution is 5.77. The summed E-state index contributed by atoms with van der Waals surface area (Å²) in [5.41, 5.74) is 8.75. The van der Waals surface area contributed by atoms with E-state index in [9.17, 15) is 0 Å². The molecule has 1 saturated heterocycles. The first-order valence-electron chi connectivity index (χ1n) is 6.68. The van der Waals surface area contributed by atoms with E-state index in [0.29, 0.717) is 6.04 Å². The molecule has 4 nitrogen and oxygen atoms in total. The fourth-order valence-electron chi connectivity index (χ4n) is 2.86. The Morgan fingerprint density at radius 3 is 3.22 bits per heavy atom. The standard InChI is InChI=1S/C14H19N3O/c15-7-6-11-3-1-2-8-17(11)12-4-5-14-13(9-12)16-10-18-14/h4-5,9-11H,1-3,6-8,15H2. The first-order chi connectivity index (χ1) is 8.88. The van der Waals surface area contributed by atoms with Gasteiger partial charge in [0.2, 0.25) is 0 Å². The van der Waals surface area contributed by atoms with Gasteiger partial charge in [0.15, 0.2) is 12.0 Å². The van der Waals surface area contributed by atoms with Crippen LogP contribution in [0.1, 0.15) is 25.7 Å². The van der Waals surface area contributed by atoms with E-state index in [1.807, 2.05) is 6.07 Å². The minimum atomic E-state index is 0.577. The number of anilines is 1. The SMILES string of the molecule is NCCC1CCCCN1c1ccc2ocnc2c1. The number of hydrogen-bond acceptors (Lipinski definition) is 4. The quantitative estimate of drug-likeness (QED) is 0.902. The lowest BCUT2D eigenvalue weighted by Gasteiger charge is -2.37. The van der Waals surface area contributed by atoms with E-state index in [0.717, 1.165) is 30.6 Å². The summed E-state index contributed by atoms with van der Waals surface area (Å²) in [6, 6.07) is 6.83. The maximum atomic E-state index is 5.72. The Labute approximate surface area is 107 Å². The molecule has 0 radical (unpaired) electrons. The molecule has 1 aliphatic rings. The van der Waals surface area contributed by atoms with Gasteiger partial charge in [0, 0.05) is 18.3 Å². The average Bonchev–Trinajstić information content (AvgIpc) is 2.87. The Balaban J connectivity index is 1.90. The zero-order chi connectivity index (χ0) is 12.4. The van der Waals surface area contributed by atoms with Crippen LogP contribution in [-0.2, 0) is 0 Å². The van der Waals surface area contributed by atoms with Gasteiger partial charge in [0.05, 0.1) is 0 Å². The van der Waals surface area contributed by atoms with Gasteiger partial charge in [0.25, 0.3) is 0 Å². The van der Waals surface area contributed by atoms with Gasteiger partial charge in [-0.2, -0.15) is 0 Å². The van der Waals surface area contributed by atoms with Gasteiger partial charge >= 0.3 is 0 Å². The summed E-state index contributed by atoms with van der Waals surface area (Å²) < 4.78 is 5.28. The van der Waals surface area contributed by atoms with Gasteiger partial charge in [-0.1, -0.05) is 0 Å². The fraction of sp³-hybridized carbons (Fsp3) is 0.500. The third-order valence-corrected chi connectivity index (χ3v) is 3.77. The van der Waals surface area contributed by atoms with Crippen molar-refractivity contribution in [2.24, 2.45) is 5.73 Å². The summed E-state index contributed by atoms with van der Waals surface area (Å²) in [6.45, 7) is 1.88. The van der Waals surface area contributed by atoms with Crippen LogP contribution in [0.4, 0.5) is 5.69 Å². The van der Waals surface area contributed by atoms with Crippen molar-refractivity contribution in [3.05, 3.63) is 24.6 Å². The zero-order valence-corrected chi connectivity index (χ0v) is 10.5. The van der Waals surface area contributed by atoms with E-state index in [2.05, 4.69) is 22.0 Å². The van der Waals surface area contributed by atoms with E-state index in [-0.39, 0.29) is 0 Å². The molecular formula is C14H19N3O. The van der Waals surface area contributed by atoms with Crippen molar-refractivity contribution in [3.63, 3.8) is 0 Å². The number of piperidine rings is 1. The van der Waals surface area contributed by atoms with Crippen LogP contribution in [0, 0.1) is 0 Å². The summed E-state index contributed by atoms with van der Waals surface area (Å²) in [5, 5.41) is 0. The van der Waals surface area contributed by atoms with Crippen LogP contribution in [0.15, 0.2) is 29.0 Å². The Bertz CT molecular complexity index is 520. The molecule has 0 spiro atoms. The second-order valence-corrected chi connectivity index (χ2v) is 4.92. The van der Waals surface area contributed by atoms with E-state index in [4.69, 9.17) is 10.2 Å². The van der Waals surface area contributed by atoms with E-state index in [1.165, 1.54) is 31.3 Å². The number of oxazole rings is 1. The predicted octanol–water partition coefficient (Wildman–Crippen LogP) is 2.54. The van der Waals surface area contributed by atoms with E-state index < -0.39 is 0 Å². The van der Waals surface area contributed by atoms with Crippen LogP contribution in [0.5, 0.6) is 0 Å². The topological polar surface area (TPSA) is 55.3 Å². The molecular weight excluding hydrogens is 226 g/mol. The highest BCUT2D eigenvalue weighted by Gasteiger charge is 2.22. The van der Waals surface area contributed by atoms with E-state index in [1.54, 1.807) is 0 Å². The molecule has 1 aromatic heterocycles. The first kappa shape index (κ1) is 11.5. The highest BCUT2D eigenvalue weighted by Crippen LogP contribution is 2.28. The molecule has 1 aliphatic heterocycles. The molecule has 2 heterocycles. The van der Waals surface area contributed by atoms with Crippen molar-refractivity contribution >= 4 is 16.8 Å². The number of aromatic nitrogens is 1. The number of nitrogens with two attached hydrogens (primary N) is 1. The smallest absolute Gasteiger partial charge is 0.181 e. The molecule has 4 heteroatoms. The van der Waals surface area contributed by atoms with Gasteiger partial charge in [0.1, 0.15) is 5.52 Å². The number of hydrogen-bond donors (Lipinski definition) is 1. The first-order valence-corrected chi connectivity index (χ1v) is 6.68. The number of fused-ring (bicyclic) bond motifs is 1. The summed E-state index contributed by atoms with van der Waals surface area (Å²) in [4.78, 5) is 6.70. The maximum absolute atomic E-state index is 5.72. The van der Waals surface area contributed by atoms with Crippen LogP contribution < -0.4 is 10.6 Å². The van der Waals surface area contributed by atoms with Crippen LogP contribution >= 0.6 is 0 Å². The summed E-state index contributed by atoms with van der Waals surface area (Å²) in [7, 11) is 0. The number of rotatable bonds is 3. The van der Waals surface area contributed by atoms with Gasteiger partial charge in [-0.05, 0) is 50.4 Å². The van der Waals surface area contributed by atoms with Crippen molar-refractivity contribution in [2.45, 2.75) is 31.7 Å². The molecule has 3 rings (SSSR count). The lowest BCUT2D eigenvalue weighted by atomic mass is 9.98. The van der Waals surface area contributed by atoms with Gasteiger partial charge < -0.3 is 15.1 Å². The number of nitrogens with zero attached hydrogens (tertiary/aromatic N) is 2. The van der Waals surface area contributed by atoms with Crippen molar-refractivity contribution in [3.8, 4) is 0 Å². The second-order valence-electron chi connectivity index (χ2n) is 4.92. The van der Waals surface area contributed by atoms with Crippen molar-refractivity contribution in [2.75, 3.05) is 18.0 Å². The molecule has 0 bridgehead atoms. The van der Waals surface area contributed by atoms with Crippen molar-refractivity contribution < 1.29 is 4.42 Å². The highest BCUT2D eigenvalue weighted by atomic mass is 16.3. The molecule has 2 aromatic rings. The lowest BCUT2D eigenvalue weighted by Crippen LogP contribution is -2.40. The molecule has 1 atom stereocenters. The molecule has 18 heavy (non-hydrogen) atoms. The molecule has 0 amide bonds. The van der Waals surface area contributed by atoms with Crippen LogP contribution in [0.3, 0.4) is 0 Å². The van der Waals surface area contributed by atoms with Gasteiger partial charge in [-0.3, -0.25) is 0 Å². The molecule has 0 saturated carbocycles. The monoisotopic (exact) mass is 245 g/mol. The molecule has 1 fully saturated rings.